The first-order valence-corrected chi connectivity index (χ1v) is 8.73. The van der Waals surface area contributed by atoms with Crippen LogP contribution in [-0.2, 0) is 20.0 Å². The summed E-state index contributed by atoms with van der Waals surface area (Å²) in [6.07, 6.45) is 10.6. The first-order chi connectivity index (χ1) is 11.7. The number of rotatable bonds is 5. The molecule has 0 radical (unpaired) electrons. The van der Waals surface area contributed by atoms with Gasteiger partial charge in [-0.1, -0.05) is 13.3 Å². The van der Waals surface area contributed by atoms with Gasteiger partial charge in [0.05, 0.1) is 18.0 Å². The molecular formula is C19H23N5. The third-order valence-corrected chi connectivity index (χ3v) is 5.08. The van der Waals surface area contributed by atoms with Crippen molar-refractivity contribution in [2.24, 2.45) is 7.05 Å². The second-order valence-electron chi connectivity index (χ2n) is 6.63. The van der Waals surface area contributed by atoms with Crippen molar-refractivity contribution < 1.29 is 0 Å². The van der Waals surface area contributed by atoms with Crippen LogP contribution in [-0.4, -0.2) is 19.5 Å². The van der Waals surface area contributed by atoms with Gasteiger partial charge in [0.2, 0.25) is 0 Å². The number of aryl methyl sites for hydroxylation is 2. The van der Waals surface area contributed by atoms with Gasteiger partial charge in [-0.3, -0.25) is 4.98 Å². The minimum atomic E-state index is 0.686. The number of hydrogen-bond donors (Lipinski definition) is 1. The second kappa shape index (κ2) is 6.23. The lowest BCUT2D eigenvalue weighted by Gasteiger charge is -2.25. The summed E-state index contributed by atoms with van der Waals surface area (Å²) in [4.78, 5) is 13.5. The topological polar surface area (TPSA) is 55.6 Å². The summed E-state index contributed by atoms with van der Waals surface area (Å²) < 4.78 is 2.01. The normalized spacial score (nSPS) is 14.8. The average Bonchev–Trinajstić information content (AvgIpc) is 2.93. The number of anilines is 1. The van der Waals surface area contributed by atoms with Gasteiger partial charge in [-0.2, -0.15) is 0 Å². The summed E-state index contributed by atoms with van der Waals surface area (Å²) in [5.74, 6) is 1.56. The van der Waals surface area contributed by atoms with Crippen LogP contribution in [0.15, 0.2) is 30.9 Å². The molecule has 3 heterocycles. The number of hydrogen-bond acceptors (Lipinski definition) is 4. The van der Waals surface area contributed by atoms with E-state index in [1.54, 1.807) is 0 Å². The predicted molar refractivity (Wildman–Crippen MR) is 96.0 cm³/mol. The van der Waals surface area contributed by atoms with Crippen molar-refractivity contribution >= 4 is 16.9 Å². The molecule has 124 valence electrons. The maximum Gasteiger partial charge on any atom is 0.128 e. The number of imidazole rings is 1. The van der Waals surface area contributed by atoms with E-state index in [2.05, 4.69) is 28.3 Å². The van der Waals surface area contributed by atoms with Crippen LogP contribution in [0.25, 0.3) is 11.0 Å². The van der Waals surface area contributed by atoms with Crippen LogP contribution in [0, 0.1) is 0 Å². The van der Waals surface area contributed by atoms with Crippen LogP contribution in [0.3, 0.4) is 0 Å². The van der Waals surface area contributed by atoms with E-state index in [0.29, 0.717) is 5.92 Å². The van der Waals surface area contributed by atoms with Gasteiger partial charge < -0.3 is 9.88 Å². The van der Waals surface area contributed by atoms with E-state index in [9.17, 15) is 0 Å². The van der Waals surface area contributed by atoms with Crippen molar-refractivity contribution in [2.45, 2.75) is 45.1 Å². The standard InChI is InChI=1S/C19H23N5/c1-3-13-7-16(14-5-4-6-14)20-9-15(13)10-21-19-8-18-17(11-22-19)23-12-24(18)2/h7-9,11-12,14H,3-6,10H2,1-2H3,(H,21,22). The Labute approximate surface area is 142 Å². The number of aromatic nitrogens is 4. The summed E-state index contributed by atoms with van der Waals surface area (Å²) in [5.41, 5.74) is 5.93. The molecule has 5 nitrogen and oxygen atoms in total. The van der Waals surface area contributed by atoms with Gasteiger partial charge in [0.25, 0.3) is 0 Å². The zero-order chi connectivity index (χ0) is 16.5. The van der Waals surface area contributed by atoms with Crippen LogP contribution in [0.4, 0.5) is 5.82 Å². The minimum absolute atomic E-state index is 0.686. The monoisotopic (exact) mass is 321 g/mol. The molecule has 1 fully saturated rings. The van der Waals surface area contributed by atoms with Crippen molar-refractivity contribution in [3.05, 3.63) is 47.7 Å². The fraction of sp³-hybridized carbons (Fsp3) is 0.421. The molecule has 0 bridgehead atoms. The van der Waals surface area contributed by atoms with E-state index in [-0.39, 0.29) is 0 Å². The summed E-state index contributed by atoms with van der Waals surface area (Å²) in [6, 6.07) is 4.35. The molecule has 0 spiro atoms. The molecule has 3 aromatic rings. The van der Waals surface area contributed by atoms with Gasteiger partial charge in [-0.15, -0.1) is 0 Å². The van der Waals surface area contributed by atoms with Crippen LogP contribution in [0.5, 0.6) is 0 Å². The molecule has 3 aromatic heterocycles. The molecule has 0 aromatic carbocycles. The molecule has 0 unspecified atom stereocenters. The highest BCUT2D eigenvalue weighted by Gasteiger charge is 2.21. The molecule has 0 saturated heterocycles. The second-order valence-corrected chi connectivity index (χ2v) is 6.63. The number of pyridine rings is 2. The van der Waals surface area contributed by atoms with Crippen molar-refractivity contribution in [1.82, 2.24) is 19.5 Å². The molecule has 4 rings (SSSR count). The van der Waals surface area contributed by atoms with E-state index < -0.39 is 0 Å². The fourth-order valence-corrected chi connectivity index (χ4v) is 3.27. The lowest BCUT2D eigenvalue weighted by Crippen LogP contribution is -2.12. The number of nitrogens with one attached hydrogen (secondary N) is 1. The lowest BCUT2D eigenvalue weighted by molar-refractivity contribution is 0.410. The first kappa shape index (κ1) is 15.1. The van der Waals surface area contributed by atoms with E-state index >= 15 is 0 Å². The highest BCUT2D eigenvalue weighted by molar-refractivity contribution is 5.77. The molecule has 5 heteroatoms. The summed E-state index contributed by atoms with van der Waals surface area (Å²) in [5, 5.41) is 3.43. The number of fused-ring (bicyclic) bond motifs is 1. The molecular weight excluding hydrogens is 298 g/mol. The van der Waals surface area contributed by atoms with Crippen molar-refractivity contribution in [3.8, 4) is 0 Å². The van der Waals surface area contributed by atoms with Gasteiger partial charge in [0.1, 0.15) is 11.3 Å². The molecule has 0 aliphatic heterocycles. The van der Waals surface area contributed by atoms with E-state index in [0.717, 1.165) is 29.8 Å². The third-order valence-electron chi connectivity index (χ3n) is 5.08. The molecule has 24 heavy (non-hydrogen) atoms. The Morgan fingerprint density at radius 2 is 2.00 bits per heavy atom. The zero-order valence-corrected chi connectivity index (χ0v) is 14.3. The molecule has 1 aliphatic rings. The number of nitrogens with zero attached hydrogens (tertiary/aromatic N) is 4. The Kier molecular flexibility index (Phi) is 3.92. The van der Waals surface area contributed by atoms with Crippen LogP contribution in [0.1, 0.15) is 48.9 Å². The average molecular weight is 321 g/mol. The van der Waals surface area contributed by atoms with Crippen LogP contribution >= 0.6 is 0 Å². The molecule has 0 amide bonds. The first-order valence-electron chi connectivity index (χ1n) is 8.73. The van der Waals surface area contributed by atoms with Crippen molar-refractivity contribution in [1.29, 1.82) is 0 Å². The van der Waals surface area contributed by atoms with Crippen molar-refractivity contribution in [2.75, 3.05) is 5.32 Å². The molecule has 1 N–H and O–H groups in total. The molecule has 1 saturated carbocycles. The Balaban J connectivity index is 1.52. The summed E-state index contributed by atoms with van der Waals surface area (Å²) in [6.45, 7) is 2.96. The van der Waals surface area contributed by atoms with Gasteiger partial charge in [0, 0.05) is 37.5 Å². The van der Waals surface area contributed by atoms with E-state index in [1.165, 1.54) is 36.1 Å². The zero-order valence-electron chi connectivity index (χ0n) is 14.3. The van der Waals surface area contributed by atoms with Crippen LogP contribution < -0.4 is 5.32 Å². The van der Waals surface area contributed by atoms with E-state index in [4.69, 9.17) is 4.98 Å². The van der Waals surface area contributed by atoms with Gasteiger partial charge in [-0.05, 0) is 36.5 Å². The van der Waals surface area contributed by atoms with Gasteiger partial charge in [-0.25, -0.2) is 9.97 Å². The quantitative estimate of drug-likeness (QED) is 0.776. The highest BCUT2D eigenvalue weighted by atomic mass is 15.0. The maximum atomic E-state index is 4.70. The maximum absolute atomic E-state index is 4.70. The highest BCUT2D eigenvalue weighted by Crippen LogP contribution is 2.35. The fourth-order valence-electron chi connectivity index (χ4n) is 3.27. The Morgan fingerprint density at radius 3 is 2.75 bits per heavy atom. The molecule has 1 aliphatic carbocycles. The predicted octanol–water partition coefficient (Wildman–Crippen LogP) is 3.81. The minimum Gasteiger partial charge on any atom is -0.366 e. The van der Waals surface area contributed by atoms with Gasteiger partial charge >= 0.3 is 0 Å². The van der Waals surface area contributed by atoms with Crippen LogP contribution in [0.2, 0.25) is 0 Å². The summed E-state index contributed by atoms with van der Waals surface area (Å²) in [7, 11) is 2.00. The largest absolute Gasteiger partial charge is 0.366 e. The Morgan fingerprint density at radius 1 is 1.12 bits per heavy atom. The summed E-state index contributed by atoms with van der Waals surface area (Å²) >= 11 is 0. The Bertz CT molecular complexity index is 863. The SMILES string of the molecule is CCc1cc(C2CCC2)ncc1CNc1cc2c(cn1)ncn2C. The smallest absolute Gasteiger partial charge is 0.128 e. The van der Waals surface area contributed by atoms with E-state index in [1.807, 2.05) is 36.4 Å². The van der Waals surface area contributed by atoms with Crippen molar-refractivity contribution in [3.63, 3.8) is 0 Å². The lowest BCUT2D eigenvalue weighted by atomic mass is 9.82. The Hall–Kier alpha value is -2.43. The third kappa shape index (κ3) is 2.75. The van der Waals surface area contributed by atoms with Gasteiger partial charge in [0.15, 0.2) is 0 Å². The molecule has 0 atom stereocenters.